The van der Waals surface area contributed by atoms with Gasteiger partial charge in [0.25, 0.3) is 5.91 Å². The molecular formula is C26H22N6O2S. The number of carbonyl (C=O) groups is 1. The van der Waals surface area contributed by atoms with Crippen molar-refractivity contribution >= 4 is 34.8 Å². The van der Waals surface area contributed by atoms with Gasteiger partial charge in [-0.3, -0.25) is 9.36 Å². The zero-order valence-corrected chi connectivity index (χ0v) is 19.7. The van der Waals surface area contributed by atoms with E-state index in [1.807, 2.05) is 89.6 Å². The van der Waals surface area contributed by atoms with Crippen molar-refractivity contribution in [1.29, 1.82) is 0 Å². The Hall–Kier alpha value is -4.37. The van der Waals surface area contributed by atoms with Gasteiger partial charge in [-0.05, 0) is 42.5 Å². The van der Waals surface area contributed by atoms with Gasteiger partial charge in [0.2, 0.25) is 0 Å². The van der Waals surface area contributed by atoms with Gasteiger partial charge >= 0.3 is 0 Å². The van der Waals surface area contributed by atoms with Crippen molar-refractivity contribution in [2.24, 2.45) is 5.10 Å². The summed E-state index contributed by atoms with van der Waals surface area (Å²) in [4.78, 5) is 15.7. The minimum Gasteiger partial charge on any atom is -0.497 e. The molecule has 9 heteroatoms. The number of carbonyl (C=O) groups excluding carboxylic acids is 1. The average molecular weight is 483 g/mol. The Morgan fingerprint density at radius 1 is 1.06 bits per heavy atom. The van der Waals surface area contributed by atoms with Crippen LogP contribution in [0.25, 0.3) is 28.0 Å². The molecule has 8 nitrogen and oxygen atoms in total. The number of benzene rings is 3. The van der Waals surface area contributed by atoms with Crippen molar-refractivity contribution in [3.05, 3.63) is 90.6 Å². The minimum atomic E-state index is -0.236. The highest BCUT2D eigenvalue weighted by Crippen LogP contribution is 2.29. The number of aromatic amines is 1. The molecule has 0 radical (unpaired) electrons. The maximum Gasteiger partial charge on any atom is 0.250 e. The molecule has 0 saturated carbocycles. The number of methoxy groups -OCH3 is 1. The van der Waals surface area contributed by atoms with Crippen LogP contribution in [-0.4, -0.2) is 44.7 Å². The summed E-state index contributed by atoms with van der Waals surface area (Å²) in [5, 5.41) is 14.5. The van der Waals surface area contributed by atoms with Crippen molar-refractivity contribution < 1.29 is 9.53 Å². The second-order valence-electron chi connectivity index (χ2n) is 7.58. The molecule has 1 amide bonds. The van der Waals surface area contributed by atoms with Crippen molar-refractivity contribution in [1.82, 2.24) is 25.2 Å². The van der Waals surface area contributed by atoms with E-state index in [1.165, 1.54) is 11.8 Å². The van der Waals surface area contributed by atoms with Crippen molar-refractivity contribution in [2.75, 3.05) is 12.9 Å². The first kappa shape index (κ1) is 22.4. The van der Waals surface area contributed by atoms with Gasteiger partial charge in [-0.1, -0.05) is 48.2 Å². The van der Waals surface area contributed by atoms with Gasteiger partial charge in [0.15, 0.2) is 11.0 Å². The van der Waals surface area contributed by atoms with E-state index in [0.29, 0.717) is 11.0 Å². The molecule has 5 aromatic rings. The number of para-hydroxylation sites is 2. The second-order valence-corrected chi connectivity index (χ2v) is 8.52. The van der Waals surface area contributed by atoms with Gasteiger partial charge in [-0.15, -0.1) is 10.2 Å². The molecule has 5 rings (SSSR count). The predicted octanol–water partition coefficient (Wildman–Crippen LogP) is 4.67. The fourth-order valence-corrected chi connectivity index (χ4v) is 4.38. The molecule has 3 aromatic carbocycles. The van der Waals surface area contributed by atoms with Crippen LogP contribution in [0.1, 0.15) is 5.56 Å². The smallest absolute Gasteiger partial charge is 0.250 e. The van der Waals surface area contributed by atoms with Crippen LogP contribution >= 0.6 is 11.8 Å². The third-order valence-corrected chi connectivity index (χ3v) is 6.27. The van der Waals surface area contributed by atoms with Crippen molar-refractivity contribution in [3.63, 3.8) is 0 Å². The molecule has 2 aromatic heterocycles. The zero-order valence-electron chi connectivity index (χ0n) is 18.9. The highest BCUT2D eigenvalue weighted by Gasteiger charge is 2.17. The molecule has 0 saturated heterocycles. The van der Waals surface area contributed by atoms with E-state index in [1.54, 1.807) is 13.3 Å². The lowest BCUT2D eigenvalue weighted by molar-refractivity contribution is -0.118. The largest absolute Gasteiger partial charge is 0.497 e. The van der Waals surface area contributed by atoms with Crippen LogP contribution in [0.5, 0.6) is 5.75 Å². The lowest BCUT2D eigenvalue weighted by atomic mass is 10.2. The zero-order chi connectivity index (χ0) is 24.0. The summed E-state index contributed by atoms with van der Waals surface area (Å²) < 4.78 is 7.20. The molecule has 2 heterocycles. The standard InChI is InChI=1S/C26H22N6O2S/c1-34-21-13-11-18(12-14-21)25-30-31-26(32(25)20-7-3-2-4-8-20)35-17-24(33)29-28-16-19-15-27-23-10-6-5-9-22(19)23/h2-16,27H,17H2,1H3,(H,29,33). The second kappa shape index (κ2) is 10.3. The van der Waals surface area contributed by atoms with Crippen molar-refractivity contribution in [3.8, 4) is 22.8 Å². The Morgan fingerprint density at radius 3 is 2.63 bits per heavy atom. The van der Waals surface area contributed by atoms with Crippen LogP contribution in [-0.2, 0) is 4.79 Å². The van der Waals surface area contributed by atoms with Gasteiger partial charge in [0.05, 0.1) is 19.1 Å². The number of fused-ring (bicyclic) bond motifs is 1. The molecule has 2 N–H and O–H groups in total. The Balaban J connectivity index is 1.31. The van der Waals surface area contributed by atoms with Crippen LogP contribution in [0.3, 0.4) is 0 Å². The fraction of sp³-hybridized carbons (Fsp3) is 0.0769. The molecule has 0 aliphatic rings. The predicted molar refractivity (Wildman–Crippen MR) is 138 cm³/mol. The summed E-state index contributed by atoms with van der Waals surface area (Å²) in [6.07, 6.45) is 3.49. The van der Waals surface area contributed by atoms with Crippen LogP contribution in [0.15, 0.2) is 95.3 Å². The maximum atomic E-state index is 12.5. The van der Waals surface area contributed by atoms with Gasteiger partial charge in [0.1, 0.15) is 5.75 Å². The number of nitrogens with one attached hydrogen (secondary N) is 2. The molecule has 35 heavy (non-hydrogen) atoms. The molecular weight excluding hydrogens is 460 g/mol. The van der Waals surface area contributed by atoms with Crippen LogP contribution in [0, 0.1) is 0 Å². The summed E-state index contributed by atoms with van der Waals surface area (Å²) in [7, 11) is 1.63. The Kier molecular flexibility index (Phi) is 6.58. The van der Waals surface area contributed by atoms with E-state index in [4.69, 9.17) is 4.74 Å². The molecule has 0 atom stereocenters. The van der Waals surface area contributed by atoms with Gasteiger partial charge in [0, 0.05) is 33.9 Å². The lowest BCUT2D eigenvalue weighted by Crippen LogP contribution is -2.20. The molecule has 0 aliphatic carbocycles. The Labute approximate surface area is 206 Å². The quantitative estimate of drug-likeness (QED) is 0.190. The summed E-state index contributed by atoms with van der Waals surface area (Å²) in [6, 6.07) is 25.4. The first-order chi connectivity index (χ1) is 17.2. The maximum absolute atomic E-state index is 12.5. The third-order valence-electron chi connectivity index (χ3n) is 5.34. The van der Waals surface area contributed by atoms with Crippen molar-refractivity contribution in [2.45, 2.75) is 5.16 Å². The van der Waals surface area contributed by atoms with Crippen LogP contribution < -0.4 is 10.2 Å². The first-order valence-corrected chi connectivity index (χ1v) is 11.9. The number of nitrogens with zero attached hydrogens (tertiary/aromatic N) is 4. The first-order valence-electron chi connectivity index (χ1n) is 10.9. The Morgan fingerprint density at radius 2 is 1.83 bits per heavy atom. The molecule has 0 spiro atoms. The number of rotatable bonds is 8. The number of hydrazone groups is 1. The average Bonchev–Trinajstić information content (AvgIpc) is 3.52. The highest BCUT2D eigenvalue weighted by atomic mass is 32.2. The van der Waals surface area contributed by atoms with Crippen LogP contribution in [0.2, 0.25) is 0 Å². The Bertz CT molecular complexity index is 1480. The summed E-state index contributed by atoms with van der Waals surface area (Å²) in [6.45, 7) is 0. The van der Waals surface area contributed by atoms with Gasteiger partial charge in [-0.2, -0.15) is 5.10 Å². The number of aromatic nitrogens is 4. The topological polar surface area (TPSA) is 97.2 Å². The molecule has 0 aliphatic heterocycles. The summed E-state index contributed by atoms with van der Waals surface area (Å²) in [5.74, 6) is 1.34. The van der Waals surface area contributed by atoms with E-state index in [2.05, 4.69) is 25.7 Å². The summed E-state index contributed by atoms with van der Waals surface area (Å²) in [5.41, 5.74) is 6.31. The summed E-state index contributed by atoms with van der Waals surface area (Å²) >= 11 is 1.30. The number of ether oxygens (including phenoxy) is 1. The SMILES string of the molecule is COc1ccc(-c2nnc(SCC(=O)NN=Cc3c[nH]c4ccccc34)n2-c2ccccc2)cc1. The molecule has 0 bridgehead atoms. The number of hydrogen-bond donors (Lipinski definition) is 2. The van der Waals surface area contributed by atoms with E-state index in [-0.39, 0.29) is 11.7 Å². The molecule has 0 unspecified atom stereocenters. The monoisotopic (exact) mass is 482 g/mol. The van der Waals surface area contributed by atoms with E-state index >= 15 is 0 Å². The van der Waals surface area contributed by atoms with Gasteiger partial charge < -0.3 is 9.72 Å². The van der Waals surface area contributed by atoms with E-state index in [9.17, 15) is 4.79 Å². The number of hydrogen-bond acceptors (Lipinski definition) is 6. The van der Waals surface area contributed by atoms with E-state index < -0.39 is 0 Å². The third kappa shape index (κ3) is 4.95. The molecule has 174 valence electrons. The van der Waals surface area contributed by atoms with Gasteiger partial charge in [-0.25, -0.2) is 5.43 Å². The number of amides is 1. The fourth-order valence-electron chi connectivity index (χ4n) is 3.64. The number of thioether (sulfide) groups is 1. The lowest BCUT2D eigenvalue weighted by Gasteiger charge is -2.10. The number of H-pyrrole nitrogens is 1. The van der Waals surface area contributed by atoms with Crippen LogP contribution in [0.4, 0.5) is 0 Å². The van der Waals surface area contributed by atoms with E-state index in [0.717, 1.165) is 33.5 Å². The molecule has 0 fully saturated rings. The normalized spacial score (nSPS) is 11.2. The minimum absolute atomic E-state index is 0.138. The highest BCUT2D eigenvalue weighted by molar-refractivity contribution is 7.99.